The Morgan fingerprint density at radius 2 is 1.56 bits per heavy atom. The molecule has 0 aromatic carbocycles. The highest BCUT2D eigenvalue weighted by Crippen LogP contribution is 2.89. The molecule has 0 bridgehead atoms. The van der Waals surface area contributed by atoms with Crippen molar-refractivity contribution in [1.82, 2.24) is 0 Å². The summed E-state index contributed by atoms with van der Waals surface area (Å²) in [5.41, 5.74) is -1.23. The maximum Gasteiger partial charge on any atom is 0.302 e. The first-order valence-corrected chi connectivity index (χ1v) is 18.6. The molecule has 270 valence electrons. The maximum absolute atomic E-state index is 12.9. The molecule has 9 aliphatic rings. The molecule has 0 aromatic rings. The normalized spacial score (nSPS) is 63.3. The summed E-state index contributed by atoms with van der Waals surface area (Å²) >= 11 is 0. The van der Waals surface area contributed by atoms with Crippen LogP contribution in [-0.4, -0.2) is 99.7 Å². The zero-order chi connectivity index (χ0) is 34.2. The molecule has 19 atom stereocenters. The number of hydrogen-bond donors (Lipinski definition) is 4. The average molecular weight is 677 g/mol. The van der Waals surface area contributed by atoms with Gasteiger partial charge in [-0.2, -0.15) is 0 Å². The molecule has 5 aliphatic carbocycles. The van der Waals surface area contributed by atoms with Crippen LogP contribution in [0, 0.1) is 50.7 Å². The van der Waals surface area contributed by atoms with E-state index in [1.165, 1.54) is 0 Å². The molecule has 5 saturated carbocycles. The van der Waals surface area contributed by atoms with Gasteiger partial charge in [0.15, 0.2) is 12.6 Å². The van der Waals surface area contributed by atoms with Gasteiger partial charge in [0, 0.05) is 18.8 Å². The fraction of sp³-hybridized carbons (Fsp3) is 0.973. The molecule has 4 N–H and O–H groups in total. The number of rotatable bonds is 3. The number of carbonyl (C=O) groups excluding carboxylic acids is 1. The lowest BCUT2D eigenvalue weighted by Gasteiger charge is -2.65. The quantitative estimate of drug-likeness (QED) is 0.198. The van der Waals surface area contributed by atoms with E-state index in [-0.39, 0.29) is 75.9 Å². The van der Waals surface area contributed by atoms with Gasteiger partial charge in [-0.1, -0.05) is 34.6 Å². The predicted octanol–water partition coefficient (Wildman–Crippen LogP) is 3.03. The van der Waals surface area contributed by atoms with E-state index in [4.69, 9.17) is 28.4 Å². The Morgan fingerprint density at radius 3 is 2.23 bits per heavy atom. The predicted molar refractivity (Wildman–Crippen MR) is 168 cm³/mol. The van der Waals surface area contributed by atoms with Crippen LogP contribution < -0.4 is 0 Å². The Bertz CT molecular complexity index is 1390. The smallest absolute Gasteiger partial charge is 0.302 e. The highest BCUT2D eigenvalue weighted by Gasteiger charge is 2.87. The molecule has 11 nitrogen and oxygen atoms in total. The Hall–Kier alpha value is -0.890. The summed E-state index contributed by atoms with van der Waals surface area (Å²) < 4.78 is 37.9. The standard InChI is InChI=1S/C37H56O11/c1-17-12-37(29-34(7,47-29)30(42)48-37)46-20-13-32(5)22-9-8-21-31(3,4)23(45-28-27(41)26(40)19(39)15-43-28)10-11-35(21)16-36(22,35)14-24(44-18(2)38)33(32,6)25(17)20/h17,19-30,39-42H,8-16H2,1-7H3/t17-,19-,20+,21+,22+,23+,24-,25+,26+,27-,28+,29+,30+,32+,33-,34+,35-,36+,37-/m1/s1. The van der Waals surface area contributed by atoms with Crippen LogP contribution in [0.2, 0.25) is 0 Å². The van der Waals surface area contributed by atoms with Crippen LogP contribution in [0.3, 0.4) is 0 Å². The van der Waals surface area contributed by atoms with Crippen LogP contribution >= 0.6 is 0 Å². The van der Waals surface area contributed by atoms with Crippen LogP contribution in [0.5, 0.6) is 0 Å². The first-order chi connectivity index (χ1) is 22.4. The van der Waals surface area contributed by atoms with E-state index >= 15 is 0 Å². The van der Waals surface area contributed by atoms with Crippen molar-refractivity contribution < 1.29 is 53.6 Å². The third-order valence-electron chi connectivity index (χ3n) is 16.8. The zero-order valence-electron chi connectivity index (χ0n) is 29.5. The summed E-state index contributed by atoms with van der Waals surface area (Å²) in [4.78, 5) is 12.9. The molecule has 3 spiro atoms. The Labute approximate surface area is 283 Å². The van der Waals surface area contributed by atoms with Crippen LogP contribution in [0.4, 0.5) is 0 Å². The lowest BCUT2D eigenvalue weighted by atomic mass is 9.41. The minimum Gasteiger partial charge on any atom is -0.462 e. The summed E-state index contributed by atoms with van der Waals surface area (Å²) in [5.74, 6) is 0.0295. The molecule has 11 heteroatoms. The second-order valence-electron chi connectivity index (χ2n) is 18.9. The molecule has 9 fully saturated rings. The molecular weight excluding hydrogens is 620 g/mol. The second-order valence-corrected chi connectivity index (χ2v) is 18.9. The van der Waals surface area contributed by atoms with E-state index < -0.39 is 42.3 Å². The van der Waals surface area contributed by atoms with E-state index in [9.17, 15) is 25.2 Å². The SMILES string of the molecule is CC(=O)O[C@@H]1C[C@@]23C[C@@]24CC[C@H](O[C@@H]2OC[C@@H](O)[C@H](O)[C@H]2O)C(C)(C)[C@@H]4CC[C@H]3[C@]2(C)C[C@@H]3O[C@]4(C[C@@H](C)[C@@H]3[C@@]12C)O[C@H](O)[C@@]1(C)O[C@H]41. The highest BCUT2D eigenvalue weighted by molar-refractivity contribution is 5.66. The van der Waals surface area contributed by atoms with Gasteiger partial charge in [-0.25, -0.2) is 0 Å². The summed E-state index contributed by atoms with van der Waals surface area (Å²) in [6.07, 6.45) is 0.880. The maximum atomic E-state index is 12.9. The van der Waals surface area contributed by atoms with Crippen molar-refractivity contribution >= 4 is 5.97 Å². The zero-order valence-corrected chi connectivity index (χ0v) is 29.5. The van der Waals surface area contributed by atoms with Crippen molar-refractivity contribution in [2.75, 3.05) is 6.61 Å². The molecule has 4 heterocycles. The van der Waals surface area contributed by atoms with Crippen molar-refractivity contribution in [2.24, 2.45) is 50.7 Å². The summed E-state index contributed by atoms with van der Waals surface area (Å²) in [7, 11) is 0. The third-order valence-corrected chi connectivity index (χ3v) is 16.8. The van der Waals surface area contributed by atoms with Gasteiger partial charge in [-0.3, -0.25) is 4.79 Å². The minimum absolute atomic E-state index is 0.0420. The van der Waals surface area contributed by atoms with E-state index in [2.05, 4.69) is 34.6 Å². The number of esters is 1. The number of aliphatic hydroxyl groups excluding tert-OH is 4. The van der Waals surface area contributed by atoms with Gasteiger partial charge >= 0.3 is 5.97 Å². The van der Waals surface area contributed by atoms with Gasteiger partial charge in [-0.05, 0) is 97.2 Å². The number of hydrogen-bond acceptors (Lipinski definition) is 11. The van der Waals surface area contributed by atoms with Crippen molar-refractivity contribution in [2.45, 2.75) is 167 Å². The number of epoxide rings is 1. The Kier molecular flexibility index (Phi) is 6.70. The van der Waals surface area contributed by atoms with Gasteiger partial charge in [0.1, 0.15) is 36.1 Å². The van der Waals surface area contributed by atoms with Crippen LogP contribution in [0.25, 0.3) is 0 Å². The fourth-order valence-electron chi connectivity index (χ4n) is 14.6. The molecule has 0 amide bonds. The topological polar surface area (TPSA) is 157 Å². The highest BCUT2D eigenvalue weighted by atomic mass is 16.8. The average Bonchev–Trinajstić information content (AvgIpc) is 3.84. The summed E-state index contributed by atoms with van der Waals surface area (Å²) in [6, 6.07) is 0. The first kappa shape index (κ1) is 33.0. The molecule has 48 heavy (non-hydrogen) atoms. The van der Waals surface area contributed by atoms with Gasteiger partial charge in [0.05, 0.1) is 18.8 Å². The van der Waals surface area contributed by atoms with Crippen LogP contribution in [-0.2, 0) is 33.2 Å². The van der Waals surface area contributed by atoms with Crippen molar-refractivity contribution in [3.8, 4) is 0 Å². The number of fused-ring (bicyclic) bond motifs is 6. The van der Waals surface area contributed by atoms with Crippen molar-refractivity contribution in [3.63, 3.8) is 0 Å². The van der Waals surface area contributed by atoms with Crippen LogP contribution in [0.1, 0.15) is 99.8 Å². The number of carbonyl (C=O) groups is 1. The first-order valence-electron chi connectivity index (χ1n) is 18.6. The van der Waals surface area contributed by atoms with E-state index in [0.29, 0.717) is 18.3 Å². The van der Waals surface area contributed by atoms with Crippen molar-refractivity contribution in [3.05, 3.63) is 0 Å². The fourth-order valence-corrected chi connectivity index (χ4v) is 14.6. The molecular formula is C37H56O11. The van der Waals surface area contributed by atoms with Gasteiger partial charge in [-0.15, -0.1) is 0 Å². The molecule has 0 aromatic heterocycles. The van der Waals surface area contributed by atoms with Crippen LogP contribution in [0.15, 0.2) is 0 Å². The van der Waals surface area contributed by atoms with E-state index in [1.54, 1.807) is 6.92 Å². The summed E-state index contributed by atoms with van der Waals surface area (Å²) in [5, 5.41) is 41.7. The second kappa shape index (κ2) is 9.75. The molecule has 4 aliphatic heterocycles. The molecule has 0 unspecified atom stereocenters. The largest absolute Gasteiger partial charge is 0.462 e. The van der Waals surface area contributed by atoms with Gasteiger partial charge < -0.3 is 48.8 Å². The lowest BCUT2D eigenvalue weighted by molar-refractivity contribution is -0.346. The van der Waals surface area contributed by atoms with Crippen molar-refractivity contribution in [1.29, 1.82) is 0 Å². The monoisotopic (exact) mass is 676 g/mol. The lowest BCUT2D eigenvalue weighted by Crippen LogP contribution is -2.64. The van der Waals surface area contributed by atoms with Gasteiger partial charge in [0.25, 0.3) is 0 Å². The van der Waals surface area contributed by atoms with Gasteiger partial charge in [0.2, 0.25) is 5.79 Å². The molecule has 9 rings (SSSR count). The number of ether oxygens (including phenoxy) is 6. The Morgan fingerprint density at radius 1 is 0.833 bits per heavy atom. The third kappa shape index (κ3) is 3.74. The molecule has 0 radical (unpaired) electrons. The minimum atomic E-state index is -1.31. The van der Waals surface area contributed by atoms with E-state index in [1.807, 2.05) is 6.92 Å². The summed E-state index contributed by atoms with van der Waals surface area (Å²) in [6.45, 7) is 15.1. The molecule has 4 saturated heterocycles. The Balaban J connectivity index is 1.03. The number of aliphatic hydroxyl groups is 4. The van der Waals surface area contributed by atoms with E-state index in [0.717, 1.165) is 44.9 Å².